The summed E-state index contributed by atoms with van der Waals surface area (Å²) in [7, 11) is 0. The van der Waals surface area contributed by atoms with Gasteiger partial charge in [-0.05, 0) is 42.8 Å². The third kappa shape index (κ3) is 2.62. The van der Waals surface area contributed by atoms with E-state index in [9.17, 15) is 4.79 Å². The molecule has 2 rings (SSSR count). The molecule has 0 aromatic carbocycles. The van der Waals surface area contributed by atoms with Gasteiger partial charge in [0, 0.05) is 23.3 Å². The van der Waals surface area contributed by atoms with Gasteiger partial charge in [-0.3, -0.25) is 4.79 Å². The normalized spacial score (nSPS) is 20.5. The second kappa shape index (κ2) is 5.45. The van der Waals surface area contributed by atoms with Crippen molar-refractivity contribution in [2.45, 2.75) is 32.9 Å². The Morgan fingerprint density at radius 3 is 2.89 bits per heavy atom. The molecule has 1 aliphatic rings. The van der Waals surface area contributed by atoms with Crippen LogP contribution >= 0.6 is 15.9 Å². The fourth-order valence-electron chi connectivity index (χ4n) is 2.22. The molecule has 1 aromatic rings. The molecule has 0 bridgehead atoms. The Kier molecular flexibility index (Phi) is 4.12. The van der Waals surface area contributed by atoms with Crippen molar-refractivity contribution in [1.29, 1.82) is 0 Å². The van der Waals surface area contributed by atoms with Gasteiger partial charge in [0.05, 0.1) is 19.3 Å². The van der Waals surface area contributed by atoms with Crippen LogP contribution in [-0.4, -0.2) is 41.2 Å². The number of rotatable bonds is 2. The molecule has 1 amide bonds. The molecule has 1 fully saturated rings. The maximum absolute atomic E-state index is 12.6. The molecule has 4 nitrogen and oxygen atoms in total. The van der Waals surface area contributed by atoms with Crippen LogP contribution in [0.1, 0.15) is 37.3 Å². The van der Waals surface area contributed by atoms with Crippen LogP contribution in [0.15, 0.2) is 16.7 Å². The summed E-state index contributed by atoms with van der Waals surface area (Å²) in [5.74, 6) is 0.0881. The molecule has 0 radical (unpaired) electrons. The Bertz CT molecular complexity index is 442. The Balaban J connectivity index is 2.27. The van der Waals surface area contributed by atoms with Crippen LogP contribution in [0.25, 0.3) is 0 Å². The van der Waals surface area contributed by atoms with Gasteiger partial charge >= 0.3 is 0 Å². The van der Waals surface area contributed by atoms with E-state index in [1.165, 1.54) is 0 Å². The average Bonchev–Trinajstić information content (AvgIpc) is 2.71. The van der Waals surface area contributed by atoms with E-state index >= 15 is 0 Å². The molecule has 0 spiro atoms. The van der Waals surface area contributed by atoms with E-state index in [4.69, 9.17) is 4.74 Å². The van der Waals surface area contributed by atoms with Gasteiger partial charge in [0.25, 0.3) is 5.91 Å². The first-order chi connectivity index (χ1) is 8.50. The maximum Gasteiger partial charge on any atom is 0.270 e. The van der Waals surface area contributed by atoms with Gasteiger partial charge in [0.15, 0.2) is 0 Å². The summed E-state index contributed by atoms with van der Waals surface area (Å²) >= 11 is 3.44. The number of ether oxygens (including phenoxy) is 1. The van der Waals surface area contributed by atoms with E-state index in [2.05, 4.69) is 29.8 Å². The quantitative estimate of drug-likeness (QED) is 0.841. The number of nitrogens with zero attached hydrogens (tertiary/aromatic N) is 2. The molecule has 2 heterocycles. The molecule has 0 saturated carbocycles. The molecule has 18 heavy (non-hydrogen) atoms. The Morgan fingerprint density at radius 1 is 1.56 bits per heavy atom. The second-order valence-corrected chi connectivity index (χ2v) is 5.88. The number of carbonyl (C=O) groups is 1. The first kappa shape index (κ1) is 13.6. The monoisotopic (exact) mass is 314 g/mol. The average molecular weight is 315 g/mol. The van der Waals surface area contributed by atoms with E-state index in [0.717, 1.165) is 10.2 Å². The van der Waals surface area contributed by atoms with Crippen molar-refractivity contribution in [3.63, 3.8) is 0 Å². The van der Waals surface area contributed by atoms with E-state index in [-0.39, 0.29) is 18.0 Å². The summed E-state index contributed by atoms with van der Waals surface area (Å²) in [4.78, 5) is 14.5. The minimum absolute atomic E-state index is 0.0881. The van der Waals surface area contributed by atoms with E-state index in [1.54, 1.807) is 0 Å². The smallest absolute Gasteiger partial charge is 0.270 e. The standard InChI is InChI=1S/C13H19BrN2O2/c1-9(2)16-7-11(14)6-12(16)13(17)15-4-5-18-8-10(15)3/h6-7,9-10H,4-5,8H2,1-3H3/t10-/m1/s1. The van der Waals surface area contributed by atoms with Crippen LogP contribution in [0.2, 0.25) is 0 Å². The number of aromatic nitrogens is 1. The van der Waals surface area contributed by atoms with Crippen LogP contribution in [0.3, 0.4) is 0 Å². The highest BCUT2D eigenvalue weighted by Crippen LogP contribution is 2.22. The third-order valence-corrected chi connectivity index (χ3v) is 3.65. The lowest BCUT2D eigenvalue weighted by Crippen LogP contribution is -2.47. The Hall–Kier alpha value is -0.810. The van der Waals surface area contributed by atoms with E-state index in [1.807, 2.05) is 28.7 Å². The maximum atomic E-state index is 12.6. The minimum atomic E-state index is 0.0881. The Morgan fingerprint density at radius 2 is 2.28 bits per heavy atom. The van der Waals surface area contributed by atoms with Gasteiger partial charge in [-0.2, -0.15) is 0 Å². The molecule has 1 saturated heterocycles. The zero-order chi connectivity index (χ0) is 13.3. The van der Waals surface area contributed by atoms with Crippen LogP contribution in [-0.2, 0) is 4.74 Å². The van der Waals surface area contributed by atoms with E-state index < -0.39 is 0 Å². The topological polar surface area (TPSA) is 34.5 Å². The molecular weight excluding hydrogens is 296 g/mol. The number of amides is 1. The van der Waals surface area contributed by atoms with Crippen LogP contribution in [0, 0.1) is 0 Å². The first-order valence-corrected chi connectivity index (χ1v) is 7.06. The number of hydrogen-bond donors (Lipinski definition) is 0. The van der Waals surface area contributed by atoms with Crippen molar-refractivity contribution in [3.05, 3.63) is 22.4 Å². The fourth-order valence-corrected chi connectivity index (χ4v) is 2.66. The molecule has 1 atom stereocenters. The molecule has 1 aliphatic heterocycles. The zero-order valence-electron chi connectivity index (χ0n) is 11.0. The molecule has 0 unspecified atom stereocenters. The van der Waals surface area contributed by atoms with Gasteiger partial charge in [0.2, 0.25) is 0 Å². The van der Waals surface area contributed by atoms with Crippen molar-refractivity contribution >= 4 is 21.8 Å². The Labute approximate surface area is 116 Å². The van der Waals surface area contributed by atoms with Gasteiger partial charge in [0.1, 0.15) is 5.69 Å². The summed E-state index contributed by atoms with van der Waals surface area (Å²) < 4.78 is 8.32. The number of hydrogen-bond acceptors (Lipinski definition) is 2. The van der Waals surface area contributed by atoms with Gasteiger partial charge < -0.3 is 14.2 Å². The predicted molar refractivity (Wildman–Crippen MR) is 73.8 cm³/mol. The van der Waals surface area contributed by atoms with Crippen LogP contribution in [0.4, 0.5) is 0 Å². The summed E-state index contributed by atoms with van der Waals surface area (Å²) in [6, 6.07) is 2.30. The summed E-state index contributed by atoms with van der Waals surface area (Å²) in [6.07, 6.45) is 1.96. The molecule has 100 valence electrons. The summed E-state index contributed by atoms with van der Waals surface area (Å²) in [6.45, 7) is 8.09. The first-order valence-electron chi connectivity index (χ1n) is 6.26. The van der Waals surface area contributed by atoms with Gasteiger partial charge in [-0.1, -0.05) is 0 Å². The lowest BCUT2D eigenvalue weighted by Gasteiger charge is -2.33. The lowest BCUT2D eigenvalue weighted by atomic mass is 10.2. The highest BCUT2D eigenvalue weighted by Gasteiger charge is 2.27. The largest absolute Gasteiger partial charge is 0.377 e. The highest BCUT2D eigenvalue weighted by atomic mass is 79.9. The van der Waals surface area contributed by atoms with Crippen molar-refractivity contribution in [2.24, 2.45) is 0 Å². The number of halogens is 1. The second-order valence-electron chi connectivity index (χ2n) is 4.97. The third-order valence-electron chi connectivity index (χ3n) is 3.22. The van der Waals surface area contributed by atoms with Crippen molar-refractivity contribution in [3.8, 4) is 0 Å². The van der Waals surface area contributed by atoms with Crippen LogP contribution < -0.4 is 0 Å². The zero-order valence-corrected chi connectivity index (χ0v) is 12.6. The lowest BCUT2D eigenvalue weighted by molar-refractivity contribution is 0.00295. The van der Waals surface area contributed by atoms with Crippen molar-refractivity contribution < 1.29 is 9.53 Å². The number of carbonyl (C=O) groups excluding carboxylic acids is 1. The summed E-state index contributed by atoms with van der Waals surface area (Å²) in [5, 5.41) is 0. The SMILES string of the molecule is CC(C)n1cc(Br)cc1C(=O)N1CCOC[C@H]1C. The van der Waals surface area contributed by atoms with Gasteiger partial charge in [-0.15, -0.1) is 0 Å². The molecule has 1 aromatic heterocycles. The van der Waals surface area contributed by atoms with E-state index in [0.29, 0.717) is 19.8 Å². The molecular formula is C13H19BrN2O2. The van der Waals surface area contributed by atoms with Gasteiger partial charge in [-0.25, -0.2) is 0 Å². The molecule has 0 N–H and O–H groups in total. The molecule has 0 aliphatic carbocycles. The predicted octanol–water partition coefficient (Wildman–Crippen LogP) is 2.69. The highest BCUT2D eigenvalue weighted by molar-refractivity contribution is 9.10. The fraction of sp³-hybridized carbons (Fsp3) is 0.615. The van der Waals surface area contributed by atoms with Crippen molar-refractivity contribution in [2.75, 3.05) is 19.8 Å². The molecule has 5 heteroatoms. The number of morpholine rings is 1. The van der Waals surface area contributed by atoms with Crippen molar-refractivity contribution in [1.82, 2.24) is 9.47 Å². The van der Waals surface area contributed by atoms with Crippen LogP contribution in [0.5, 0.6) is 0 Å². The summed E-state index contributed by atoms with van der Waals surface area (Å²) in [5.41, 5.74) is 0.741. The minimum Gasteiger partial charge on any atom is -0.377 e.